The Morgan fingerprint density at radius 2 is 1.85 bits per heavy atom. The maximum atomic E-state index is 13.9. The zero-order valence-corrected chi connectivity index (χ0v) is 12.7. The third-order valence-corrected chi connectivity index (χ3v) is 3.69. The summed E-state index contributed by atoms with van der Waals surface area (Å²) >= 11 is 9.12. The lowest BCUT2D eigenvalue weighted by Crippen LogP contribution is -2.30. The van der Waals surface area contributed by atoms with Gasteiger partial charge in [-0.2, -0.15) is 0 Å². The van der Waals surface area contributed by atoms with Crippen molar-refractivity contribution in [2.45, 2.75) is 12.5 Å². The molecular weight excluding hydrogens is 350 g/mol. The highest BCUT2D eigenvalue weighted by molar-refractivity contribution is 9.10. The lowest BCUT2D eigenvalue weighted by molar-refractivity contribution is 0.498. The molecule has 0 radical (unpaired) electrons. The lowest BCUT2D eigenvalue weighted by Gasteiger charge is -2.18. The number of rotatable bonds is 4. The Bertz CT molecular complexity index is 622. The number of benzene rings is 2. The summed E-state index contributed by atoms with van der Waals surface area (Å²) in [5, 5.41) is 0.423. The zero-order valence-electron chi connectivity index (χ0n) is 10.3. The second-order valence-corrected chi connectivity index (χ2v) is 5.68. The molecular formula is C14H12BrClF2N2. The van der Waals surface area contributed by atoms with Gasteiger partial charge in [0.2, 0.25) is 0 Å². The molecule has 0 aliphatic carbocycles. The van der Waals surface area contributed by atoms with E-state index in [1.807, 2.05) is 0 Å². The fraction of sp³-hybridized carbons (Fsp3) is 0.143. The van der Waals surface area contributed by atoms with Crippen LogP contribution in [0.2, 0.25) is 5.02 Å². The Morgan fingerprint density at radius 1 is 1.15 bits per heavy atom. The second kappa shape index (κ2) is 6.63. The van der Waals surface area contributed by atoms with Crippen molar-refractivity contribution in [3.05, 3.63) is 68.7 Å². The van der Waals surface area contributed by atoms with Gasteiger partial charge >= 0.3 is 0 Å². The fourth-order valence-electron chi connectivity index (χ4n) is 1.96. The molecule has 0 saturated heterocycles. The van der Waals surface area contributed by atoms with Crippen molar-refractivity contribution in [3.8, 4) is 0 Å². The van der Waals surface area contributed by atoms with Gasteiger partial charge in [-0.1, -0.05) is 27.5 Å². The van der Waals surface area contributed by atoms with Gasteiger partial charge in [0.05, 0.1) is 6.04 Å². The highest BCUT2D eigenvalue weighted by Crippen LogP contribution is 2.26. The van der Waals surface area contributed by atoms with Gasteiger partial charge in [-0.15, -0.1) is 0 Å². The average Bonchev–Trinajstić information content (AvgIpc) is 2.42. The van der Waals surface area contributed by atoms with Gasteiger partial charge in [0.25, 0.3) is 0 Å². The first kappa shape index (κ1) is 15.4. The summed E-state index contributed by atoms with van der Waals surface area (Å²) in [6.45, 7) is 0. The second-order valence-electron chi connectivity index (χ2n) is 4.32. The molecule has 3 N–H and O–H groups in total. The Kier molecular flexibility index (Phi) is 5.10. The Morgan fingerprint density at radius 3 is 2.55 bits per heavy atom. The van der Waals surface area contributed by atoms with Crippen LogP contribution in [0.3, 0.4) is 0 Å². The molecule has 6 heteroatoms. The SMILES string of the molecule is NNC(Cc1cc(Cl)ccc1F)c1cc(Br)ccc1F. The van der Waals surface area contributed by atoms with Gasteiger partial charge in [0.15, 0.2) is 0 Å². The van der Waals surface area contributed by atoms with Crippen LogP contribution >= 0.6 is 27.5 Å². The maximum Gasteiger partial charge on any atom is 0.128 e. The summed E-state index contributed by atoms with van der Waals surface area (Å²) in [5.41, 5.74) is 3.25. The summed E-state index contributed by atoms with van der Waals surface area (Å²) in [6.07, 6.45) is 0.191. The van der Waals surface area contributed by atoms with Crippen LogP contribution in [-0.2, 0) is 6.42 Å². The van der Waals surface area contributed by atoms with Crippen LogP contribution in [0, 0.1) is 11.6 Å². The predicted molar refractivity (Wildman–Crippen MR) is 79.3 cm³/mol. The molecule has 0 amide bonds. The molecule has 0 saturated carbocycles. The molecule has 20 heavy (non-hydrogen) atoms. The maximum absolute atomic E-state index is 13.9. The molecule has 0 spiro atoms. The first-order valence-corrected chi connectivity index (χ1v) is 7.03. The van der Waals surface area contributed by atoms with E-state index in [1.54, 1.807) is 12.1 Å². The van der Waals surface area contributed by atoms with E-state index in [-0.39, 0.29) is 6.42 Å². The minimum atomic E-state index is -0.555. The van der Waals surface area contributed by atoms with E-state index in [0.29, 0.717) is 16.1 Å². The van der Waals surface area contributed by atoms with Crippen LogP contribution in [-0.4, -0.2) is 0 Å². The van der Waals surface area contributed by atoms with Crippen LogP contribution in [0.5, 0.6) is 0 Å². The minimum absolute atomic E-state index is 0.191. The van der Waals surface area contributed by atoms with E-state index in [0.717, 1.165) is 4.47 Å². The minimum Gasteiger partial charge on any atom is -0.271 e. The predicted octanol–water partition coefficient (Wildman–Crippen LogP) is 4.13. The number of hydrazine groups is 1. The number of nitrogens with one attached hydrogen (secondary N) is 1. The standard InChI is InChI=1S/C14H12BrClF2N2/c15-9-1-3-13(18)11(7-9)14(20-19)6-8-5-10(16)2-4-12(8)17/h1-5,7,14,20H,6,19H2. The monoisotopic (exact) mass is 360 g/mol. The Balaban J connectivity index is 2.33. The molecule has 2 aromatic rings. The van der Waals surface area contributed by atoms with Gasteiger partial charge in [0.1, 0.15) is 11.6 Å². The summed E-state index contributed by atoms with van der Waals surface area (Å²) in [4.78, 5) is 0. The van der Waals surface area contributed by atoms with Gasteiger partial charge in [0, 0.05) is 15.1 Å². The molecule has 2 nitrogen and oxygen atoms in total. The fourth-order valence-corrected chi connectivity index (χ4v) is 2.53. The number of halogens is 4. The van der Waals surface area contributed by atoms with Gasteiger partial charge < -0.3 is 0 Å². The lowest BCUT2D eigenvalue weighted by atomic mass is 9.98. The quantitative estimate of drug-likeness (QED) is 0.635. The van der Waals surface area contributed by atoms with Gasteiger partial charge in [-0.25, -0.2) is 8.78 Å². The molecule has 0 fully saturated rings. The van der Waals surface area contributed by atoms with Crippen molar-refractivity contribution in [2.75, 3.05) is 0 Å². The van der Waals surface area contributed by atoms with Crippen LogP contribution in [0.25, 0.3) is 0 Å². The molecule has 1 atom stereocenters. The molecule has 106 valence electrons. The first-order valence-electron chi connectivity index (χ1n) is 5.86. The molecule has 2 aromatic carbocycles. The molecule has 0 aliphatic heterocycles. The molecule has 2 rings (SSSR count). The van der Waals surface area contributed by atoms with E-state index in [1.165, 1.54) is 24.3 Å². The summed E-state index contributed by atoms with van der Waals surface area (Å²) in [5.74, 6) is 4.67. The van der Waals surface area contributed by atoms with Crippen LogP contribution in [0.15, 0.2) is 40.9 Å². The van der Waals surface area contributed by atoms with Crippen molar-refractivity contribution >= 4 is 27.5 Å². The number of nitrogens with two attached hydrogens (primary N) is 1. The van der Waals surface area contributed by atoms with Crippen molar-refractivity contribution in [2.24, 2.45) is 5.84 Å². The van der Waals surface area contributed by atoms with E-state index in [9.17, 15) is 8.78 Å². The van der Waals surface area contributed by atoms with Crippen LogP contribution in [0.1, 0.15) is 17.2 Å². The van der Waals surface area contributed by atoms with Crippen molar-refractivity contribution in [3.63, 3.8) is 0 Å². The highest BCUT2D eigenvalue weighted by Gasteiger charge is 2.17. The van der Waals surface area contributed by atoms with E-state index >= 15 is 0 Å². The molecule has 1 unspecified atom stereocenters. The van der Waals surface area contributed by atoms with Crippen molar-refractivity contribution in [1.82, 2.24) is 5.43 Å². The summed E-state index contributed by atoms with van der Waals surface area (Å²) in [6, 6.07) is 8.23. The number of hydrogen-bond acceptors (Lipinski definition) is 2. The molecule has 0 bridgehead atoms. The Hall–Kier alpha value is -1.01. The van der Waals surface area contributed by atoms with E-state index in [2.05, 4.69) is 21.4 Å². The number of hydrogen-bond donors (Lipinski definition) is 2. The molecule has 0 aliphatic rings. The average molecular weight is 362 g/mol. The van der Waals surface area contributed by atoms with Crippen LogP contribution < -0.4 is 11.3 Å². The normalized spacial score (nSPS) is 12.4. The topological polar surface area (TPSA) is 38.0 Å². The smallest absolute Gasteiger partial charge is 0.128 e. The summed E-state index contributed by atoms with van der Waals surface area (Å²) in [7, 11) is 0. The first-order chi connectivity index (χ1) is 9.51. The third-order valence-electron chi connectivity index (χ3n) is 2.97. The van der Waals surface area contributed by atoms with Gasteiger partial charge in [-0.3, -0.25) is 11.3 Å². The van der Waals surface area contributed by atoms with Crippen molar-refractivity contribution < 1.29 is 8.78 Å². The largest absolute Gasteiger partial charge is 0.271 e. The third kappa shape index (κ3) is 3.55. The summed E-state index contributed by atoms with van der Waals surface area (Å²) < 4.78 is 28.3. The van der Waals surface area contributed by atoms with Crippen LogP contribution in [0.4, 0.5) is 8.78 Å². The highest BCUT2D eigenvalue weighted by atomic mass is 79.9. The van der Waals surface area contributed by atoms with Crippen molar-refractivity contribution in [1.29, 1.82) is 0 Å². The molecule has 0 heterocycles. The van der Waals surface area contributed by atoms with E-state index in [4.69, 9.17) is 17.4 Å². The van der Waals surface area contributed by atoms with E-state index < -0.39 is 17.7 Å². The molecule has 0 aromatic heterocycles. The van der Waals surface area contributed by atoms with Gasteiger partial charge in [-0.05, 0) is 48.4 Å². The Labute approximate surface area is 129 Å². The zero-order chi connectivity index (χ0) is 14.7.